The van der Waals surface area contributed by atoms with E-state index in [1.807, 2.05) is 6.92 Å². The first-order chi connectivity index (χ1) is 17.9. The van der Waals surface area contributed by atoms with Crippen molar-refractivity contribution >= 4 is 29.3 Å². The summed E-state index contributed by atoms with van der Waals surface area (Å²) >= 11 is 0. The van der Waals surface area contributed by atoms with Crippen LogP contribution in [0.15, 0.2) is 18.2 Å². The van der Waals surface area contributed by atoms with E-state index in [0.29, 0.717) is 69.2 Å². The number of urea groups is 1. The third-order valence-electron chi connectivity index (χ3n) is 7.11. The summed E-state index contributed by atoms with van der Waals surface area (Å²) in [6, 6.07) is 3.56. The molecule has 1 saturated carbocycles. The van der Waals surface area contributed by atoms with Crippen molar-refractivity contribution in [2.24, 2.45) is 0 Å². The van der Waals surface area contributed by atoms with Crippen molar-refractivity contribution in [2.45, 2.75) is 69.9 Å². The van der Waals surface area contributed by atoms with Gasteiger partial charge in [0.25, 0.3) is 5.91 Å². The first kappa shape index (κ1) is 26.7. The standard InChI is InChI=1S/C26H36N4O7/c1-2-3-7-19(22(31)23(32)27-18-8-9-20-21(16-18)37-17-36-20)28-24(33)26(10-5-4-6-11-26)29-25(34)30-12-14-35-15-13-30/h8-9,16,19H,2-7,10-15,17H2,1H3,(H,27,32)(H,28,33)(H,29,34). The summed E-state index contributed by atoms with van der Waals surface area (Å²) in [7, 11) is 0. The average molecular weight is 517 g/mol. The maximum Gasteiger partial charge on any atom is 0.318 e. The van der Waals surface area contributed by atoms with E-state index < -0.39 is 29.2 Å². The molecule has 0 spiro atoms. The highest BCUT2D eigenvalue weighted by Crippen LogP contribution is 2.34. The third-order valence-corrected chi connectivity index (χ3v) is 7.11. The molecule has 0 aromatic heterocycles. The Hall–Kier alpha value is -3.34. The molecular weight excluding hydrogens is 480 g/mol. The number of hydrogen-bond donors (Lipinski definition) is 3. The van der Waals surface area contributed by atoms with E-state index >= 15 is 0 Å². The third kappa shape index (κ3) is 6.51. The Morgan fingerprint density at radius 3 is 2.49 bits per heavy atom. The van der Waals surface area contributed by atoms with E-state index in [1.54, 1.807) is 23.1 Å². The highest BCUT2D eigenvalue weighted by atomic mass is 16.7. The number of ether oxygens (including phenoxy) is 3. The molecule has 1 aromatic rings. The van der Waals surface area contributed by atoms with Crippen molar-refractivity contribution in [3.63, 3.8) is 0 Å². The summed E-state index contributed by atoms with van der Waals surface area (Å²) in [6.45, 7) is 3.90. The van der Waals surface area contributed by atoms with Crippen molar-refractivity contribution in [3.05, 3.63) is 18.2 Å². The van der Waals surface area contributed by atoms with Crippen LogP contribution in [-0.4, -0.2) is 73.2 Å². The SMILES string of the molecule is CCCCC(NC(=O)C1(NC(=O)N2CCOCC2)CCCCC1)C(=O)C(=O)Nc1ccc2c(c1)OCO2. The minimum Gasteiger partial charge on any atom is -0.454 e. The van der Waals surface area contributed by atoms with Gasteiger partial charge in [-0.1, -0.05) is 39.0 Å². The van der Waals surface area contributed by atoms with Crippen molar-refractivity contribution in [3.8, 4) is 11.5 Å². The first-order valence-electron chi connectivity index (χ1n) is 13.1. The molecule has 3 N–H and O–H groups in total. The summed E-state index contributed by atoms with van der Waals surface area (Å²) < 4.78 is 15.9. The summed E-state index contributed by atoms with van der Waals surface area (Å²) in [5.41, 5.74) is -0.726. The largest absolute Gasteiger partial charge is 0.454 e. The van der Waals surface area contributed by atoms with E-state index in [0.717, 1.165) is 25.7 Å². The predicted octanol–water partition coefficient (Wildman–Crippen LogP) is 2.34. The fraction of sp³-hybridized carbons (Fsp3) is 0.615. The lowest BCUT2D eigenvalue weighted by atomic mass is 9.80. The molecule has 0 radical (unpaired) electrons. The molecule has 1 aliphatic carbocycles. The van der Waals surface area contributed by atoms with Gasteiger partial charge in [0, 0.05) is 24.8 Å². The van der Waals surface area contributed by atoms with Crippen molar-refractivity contribution in [1.82, 2.24) is 15.5 Å². The number of amides is 4. The second-order valence-electron chi connectivity index (χ2n) is 9.73. The molecule has 1 unspecified atom stereocenters. The van der Waals surface area contributed by atoms with Gasteiger partial charge >= 0.3 is 6.03 Å². The highest BCUT2D eigenvalue weighted by Gasteiger charge is 2.43. The number of nitrogens with zero attached hydrogens (tertiary/aromatic N) is 1. The number of Topliss-reactive ketones (excluding diaryl/α,β-unsaturated/α-hetero) is 1. The number of ketones is 1. The molecular formula is C26H36N4O7. The van der Waals surface area contributed by atoms with Gasteiger partial charge in [-0.05, 0) is 31.4 Å². The van der Waals surface area contributed by atoms with E-state index in [4.69, 9.17) is 14.2 Å². The summed E-state index contributed by atoms with van der Waals surface area (Å²) in [5.74, 6) is -0.926. The fourth-order valence-corrected chi connectivity index (χ4v) is 4.91. The van der Waals surface area contributed by atoms with Crippen molar-refractivity contribution < 1.29 is 33.4 Å². The molecule has 1 saturated heterocycles. The second kappa shape index (κ2) is 12.3. The lowest BCUT2D eigenvalue weighted by Gasteiger charge is -2.39. The normalized spacial score (nSPS) is 19.0. The quantitative estimate of drug-likeness (QED) is 0.429. The summed E-state index contributed by atoms with van der Waals surface area (Å²) in [6.07, 6.45) is 5.27. The monoisotopic (exact) mass is 516 g/mol. The first-order valence-corrected chi connectivity index (χ1v) is 13.1. The van der Waals surface area contributed by atoms with Crippen LogP contribution in [0.3, 0.4) is 0 Å². The van der Waals surface area contributed by atoms with Gasteiger partial charge in [-0.15, -0.1) is 0 Å². The predicted molar refractivity (Wildman–Crippen MR) is 134 cm³/mol. The number of carbonyl (C=O) groups excluding carboxylic acids is 4. The van der Waals surface area contributed by atoms with Crippen LogP contribution in [0.2, 0.25) is 0 Å². The fourth-order valence-electron chi connectivity index (χ4n) is 4.91. The Morgan fingerprint density at radius 1 is 1.03 bits per heavy atom. The number of fused-ring (bicyclic) bond motifs is 1. The van der Waals surface area contributed by atoms with Crippen LogP contribution in [0.5, 0.6) is 11.5 Å². The number of rotatable bonds is 9. The lowest BCUT2D eigenvalue weighted by Crippen LogP contribution is -2.64. The molecule has 37 heavy (non-hydrogen) atoms. The van der Waals surface area contributed by atoms with Crippen LogP contribution in [0.25, 0.3) is 0 Å². The Balaban J connectivity index is 1.45. The summed E-state index contributed by atoms with van der Waals surface area (Å²) in [4.78, 5) is 54.3. The van der Waals surface area contributed by atoms with Crippen molar-refractivity contribution in [1.29, 1.82) is 0 Å². The number of anilines is 1. The van der Waals surface area contributed by atoms with Gasteiger partial charge in [-0.25, -0.2) is 4.79 Å². The molecule has 4 amide bonds. The zero-order valence-corrected chi connectivity index (χ0v) is 21.3. The number of hydrogen-bond acceptors (Lipinski definition) is 7. The van der Waals surface area contributed by atoms with Crippen LogP contribution in [0, 0.1) is 0 Å². The maximum atomic E-state index is 13.6. The number of nitrogens with one attached hydrogen (secondary N) is 3. The number of benzene rings is 1. The number of carbonyl (C=O) groups is 4. The molecule has 202 valence electrons. The van der Waals surface area contributed by atoms with Crippen LogP contribution in [0.4, 0.5) is 10.5 Å². The highest BCUT2D eigenvalue weighted by molar-refractivity contribution is 6.42. The van der Waals surface area contributed by atoms with Crippen LogP contribution in [-0.2, 0) is 19.1 Å². The van der Waals surface area contributed by atoms with Crippen LogP contribution >= 0.6 is 0 Å². The maximum absolute atomic E-state index is 13.6. The molecule has 1 atom stereocenters. The van der Waals surface area contributed by atoms with Crippen LogP contribution in [0.1, 0.15) is 58.3 Å². The molecule has 11 heteroatoms. The Morgan fingerprint density at radius 2 is 1.76 bits per heavy atom. The molecule has 1 aromatic carbocycles. The molecule has 11 nitrogen and oxygen atoms in total. The lowest BCUT2D eigenvalue weighted by molar-refractivity contribution is -0.138. The molecule has 2 heterocycles. The molecule has 0 bridgehead atoms. The minimum atomic E-state index is -1.12. The summed E-state index contributed by atoms with van der Waals surface area (Å²) in [5, 5.41) is 8.41. The Bertz CT molecular complexity index is 1000. The number of morpholine rings is 1. The zero-order valence-electron chi connectivity index (χ0n) is 21.3. The van der Waals surface area contributed by atoms with E-state index in [2.05, 4.69) is 16.0 Å². The second-order valence-corrected chi connectivity index (χ2v) is 9.73. The Kier molecular flexibility index (Phi) is 8.86. The van der Waals surface area contributed by atoms with Gasteiger partial charge in [-0.2, -0.15) is 0 Å². The smallest absolute Gasteiger partial charge is 0.318 e. The van der Waals surface area contributed by atoms with E-state index in [1.165, 1.54) is 0 Å². The van der Waals surface area contributed by atoms with Gasteiger partial charge in [0.15, 0.2) is 11.5 Å². The van der Waals surface area contributed by atoms with Crippen LogP contribution < -0.4 is 25.4 Å². The molecule has 2 fully saturated rings. The molecule has 2 aliphatic heterocycles. The molecule has 3 aliphatic rings. The van der Waals surface area contributed by atoms with Gasteiger partial charge in [0.2, 0.25) is 18.5 Å². The Labute approximate surface area is 216 Å². The van der Waals surface area contributed by atoms with E-state index in [-0.39, 0.29) is 12.8 Å². The van der Waals surface area contributed by atoms with Crippen molar-refractivity contribution in [2.75, 3.05) is 38.4 Å². The molecule has 4 rings (SSSR count). The topological polar surface area (TPSA) is 135 Å². The number of unbranched alkanes of at least 4 members (excludes halogenated alkanes) is 1. The van der Waals surface area contributed by atoms with Gasteiger partial charge in [-0.3, -0.25) is 14.4 Å². The average Bonchev–Trinajstić information content (AvgIpc) is 3.39. The van der Waals surface area contributed by atoms with Gasteiger partial charge < -0.3 is 35.1 Å². The minimum absolute atomic E-state index is 0.0978. The van der Waals surface area contributed by atoms with E-state index in [9.17, 15) is 19.2 Å². The van der Waals surface area contributed by atoms with Gasteiger partial charge in [0.05, 0.1) is 19.3 Å². The van der Waals surface area contributed by atoms with Gasteiger partial charge in [0.1, 0.15) is 5.54 Å². The zero-order chi connectivity index (χ0) is 26.3.